The molecule has 0 saturated carbocycles. The van der Waals surface area contributed by atoms with Crippen molar-refractivity contribution in [3.63, 3.8) is 0 Å². The van der Waals surface area contributed by atoms with Gasteiger partial charge in [-0.15, -0.1) is 0 Å². The number of carbonyl (C=O) groups excluding carboxylic acids is 1. The number of fused-ring (bicyclic) bond motifs is 1. The van der Waals surface area contributed by atoms with Crippen molar-refractivity contribution in [1.82, 2.24) is 9.71 Å². The van der Waals surface area contributed by atoms with Gasteiger partial charge in [-0.3, -0.25) is 4.79 Å². The first-order valence-corrected chi connectivity index (χ1v) is 10.0. The zero-order chi connectivity index (χ0) is 19.1. The lowest BCUT2D eigenvalue weighted by atomic mass is 10.0. The zero-order valence-electron chi connectivity index (χ0n) is 15.0. The van der Waals surface area contributed by atoms with E-state index in [-0.39, 0.29) is 18.4 Å². The van der Waals surface area contributed by atoms with Gasteiger partial charge >= 0.3 is 0 Å². The molecule has 8 heteroatoms. The Kier molecular flexibility index (Phi) is 4.81. The SMILES string of the molecule is C=CS(=O)(=O)N[C@@H]1CCN(c2ccc(CC(N)=O)c3[nH]c(C)c(C)c23)C1. The molecule has 1 amide bonds. The van der Waals surface area contributed by atoms with Crippen LogP contribution in [0.2, 0.25) is 0 Å². The van der Waals surface area contributed by atoms with E-state index in [2.05, 4.69) is 21.2 Å². The summed E-state index contributed by atoms with van der Waals surface area (Å²) in [6, 6.07) is 3.75. The average molecular weight is 376 g/mol. The van der Waals surface area contributed by atoms with Crippen molar-refractivity contribution in [3.05, 3.63) is 40.9 Å². The Hall–Kier alpha value is -2.32. The second-order valence-electron chi connectivity index (χ2n) is 6.77. The molecule has 1 aromatic heterocycles. The fourth-order valence-corrected chi connectivity index (χ4v) is 4.33. The smallest absolute Gasteiger partial charge is 0.233 e. The molecule has 1 saturated heterocycles. The highest BCUT2D eigenvalue weighted by Crippen LogP contribution is 2.35. The van der Waals surface area contributed by atoms with Gasteiger partial charge in [-0.25, -0.2) is 13.1 Å². The summed E-state index contributed by atoms with van der Waals surface area (Å²) < 4.78 is 26.1. The van der Waals surface area contributed by atoms with Crippen LogP contribution >= 0.6 is 0 Å². The fourth-order valence-electron chi connectivity index (χ4n) is 3.58. The van der Waals surface area contributed by atoms with E-state index < -0.39 is 10.0 Å². The summed E-state index contributed by atoms with van der Waals surface area (Å²) in [6.07, 6.45) is 0.901. The summed E-state index contributed by atoms with van der Waals surface area (Å²) >= 11 is 0. The van der Waals surface area contributed by atoms with Crippen molar-refractivity contribution in [2.45, 2.75) is 32.7 Å². The quantitative estimate of drug-likeness (QED) is 0.709. The highest BCUT2D eigenvalue weighted by Gasteiger charge is 2.27. The van der Waals surface area contributed by atoms with Gasteiger partial charge in [0.05, 0.1) is 11.9 Å². The van der Waals surface area contributed by atoms with E-state index in [4.69, 9.17) is 5.73 Å². The number of nitrogens with zero attached hydrogens (tertiary/aromatic N) is 1. The maximum Gasteiger partial charge on any atom is 0.233 e. The van der Waals surface area contributed by atoms with Crippen molar-refractivity contribution in [1.29, 1.82) is 0 Å². The van der Waals surface area contributed by atoms with Crippen LogP contribution in [0.3, 0.4) is 0 Å². The number of nitrogens with one attached hydrogen (secondary N) is 2. The number of hydrogen-bond donors (Lipinski definition) is 3. The first-order chi connectivity index (χ1) is 12.2. The predicted molar refractivity (Wildman–Crippen MR) is 104 cm³/mol. The van der Waals surface area contributed by atoms with E-state index in [0.29, 0.717) is 6.54 Å². The third kappa shape index (κ3) is 3.47. The minimum absolute atomic E-state index is 0.154. The normalized spacial score (nSPS) is 17.8. The molecule has 0 spiro atoms. The maximum absolute atomic E-state index is 11.7. The third-order valence-electron chi connectivity index (χ3n) is 4.96. The maximum atomic E-state index is 11.7. The lowest BCUT2D eigenvalue weighted by molar-refractivity contribution is -0.117. The molecule has 0 bridgehead atoms. The number of sulfonamides is 1. The average Bonchev–Trinajstić information content (AvgIpc) is 3.13. The Balaban J connectivity index is 1.96. The largest absolute Gasteiger partial charge is 0.369 e. The predicted octanol–water partition coefficient (Wildman–Crippen LogP) is 1.45. The molecule has 0 aliphatic carbocycles. The highest BCUT2D eigenvalue weighted by atomic mass is 32.2. The number of amides is 1. The number of hydrogen-bond acceptors (Lipinski definition) is 4. The third-order valence-corrected chi connectivity index (χ3v) is 6.06. The zero-order valence-corrected chi connectivity index (χ0v) is 15.8. The van der Waals surface area contributed by atoms with Gasteiger partial charge in [0.1, 0.15) is 0 Å². The summed E-state index contributed by atoms with van der Waals surface area (Å²) in [5.74, 6) is -0.371. The number of primary amides is 1. The number of anilines is 1. The summed E-state index contributed by atoms with van der Waals surface area (Å²) in [7, 11) is -3.45. The molecule has 1 aliphatic heterocycles. The molecular formula is C18H24N4O3S. The van der Waals surface area contributed by atoms with Crippen LogP contribution < -0.4 is 15.4 Å². The van der Waals surface area contributed by atoms with E-state index >= 15 is 0 Å². The van der Waals surface area contributed by atoms with Crippen molar-refractivity contribution < 1.29 is 13.2 Å². The van der Waals surface area contributed by atoms with Gasteiger partial charge in [0.2, 0.25) is 15.9 Å². The van der Waals surface area contributed by atoms with Gasteiger partial charge in [0, 0.05) is 41.3 Å². The van der Waals surface area contributed by atoms with Crippen molar-refractivity contribution in [2.24, 2.45) is 5.73 Å². The Labute approximate surface area is 153 Å². The molecule has 140 valence electrons. The second kappa shape index (κ2) is 6.77. The molecule has 26 heavy (non-hydrogen) atoms. The molecule has 7 nitrogen and oxygen atoms in total. The standard InChI is InChI=1S/C18H24N4O3S/c1-4-26(24,25)21-14-7-8-22(10-14)15-6-5-13(9-16(19)23)18-17(15)11(2)12(3)20-18/h4-6,14,20-21H,1,7-10H2,2-3H3,(H2,19,23)/t14-/m1/s1. The van der Waals surface area contributed by atoms with E-state index in [1.807, 2.05) is 26.0 Å². The number of nitrogens with two attached hydrogens (primary N) is 1. The Morgan fingerprint density at radius 1 is 1.46 bits per heavy atom. The highest BCUT2D eigenvalue weighted by molar-refractivity contribution is 7.92. The van der Waals surface area contributed by atoms with Crippen LogP contribution in [-0.4, -0.2) is 38.4 Å². The molecular weight excluding hydrogens is 352 g/mol. The van der Waals surface area contributed by atoms with Crippen LogP contribution in [0.5, 0.6) is 0 Å². The topological polar surface area (TPSA) is 108 Å². The molecule has 2 heterocycles. The number of benzene rings is 1. The van der Waals surface area contributed by atoms with Crippen LogP contribution in [-0.2, 0) is 21.2 Å². The van der Waals surface area contributed by atoms with Crippen molar-refractivity contribution in [3.8, 4) is 0 Å². The number of H-pyrrole nitrogens is 1. The summed E-state index contributed by atoms with van der Waals surface area (Å²) in [6.45, 7) is 8.71. The van der Waals surface area contributed by atoms with Gasteiger partial charge < -0.3 is 15.6 Å². The number of aromatic nitrogens is 1. The van der Waals surface area contributed by atoms with E-state index in [1.165, 1.54) is 0 Å². The Morgan fingerprint density at radius 2 is 2.19 bits per heavy atom. The van der Waals surface area contributed by atoms with Crippen LogP contribution in [0.1, 0.15) is 23.2 Å². The van der Waals surface area contributed by atoms with Crippen LogP contribution in [0.25, 0.3) is 10.9 Å². The lowest BCUT2D eigenvalue weighted by Gasteiger charge is -2.21. The second-order valence-corrected chi connectivity index (χ2v) is 8.43. The van der Waals surface area contributed by atoms with Crippen LogP contribution in [0, 0.1) is 13.8 Å². The molecule has 2 aromatic rings. The summed E-state index contributed by atoms with van der Waals surface area (Å²) in [5, 5.41) is 2.00. The molecule has 1 atom stereocenters. The molecule has 4 N–H and O–H groups in total. The van der Waals surface area contributed by atoms with E-state index in [9.17, 15) is 13.2 Å². The molecule has 1 aliphatic rings. The van der Waals surface area contributed by atoms with E-state index in [0.717, 1.165) is 51.8 Å². The van der Waals surface area contributed by atoms with E-state index in [1.54, 1.807) is 0 Å². The monoisotopic (exact) mass is 376 g/mol. The summed E-state index contributed by atoms with van der Waals surface area (Å²) in [5.41, 5.74) is 10.4. The number of rotatable bonds is 6. The molecule has 0 radical (unpaired) electrons. The molecule has 1 aromatic carbocycles. The van der Waals surface area contributed by atoms with Crippen LogP contribution in [0.4, 0.5) is 5.69 Å². The minimum Gasteiger partial charge on any atom is -0.369 e. The van der Waals surface area contributed by atoms with Gasteiger partial charge in [-0.2, -0.15) is 0 Å². The number of aromatic amines is 1. The van der Waals surface area contributed by atoms with Crippen molar-refractivity contribution in [2.75, 3.05) is 18.0 Å². The van der Waals surface area contributed by atoms with Gasteiger partial charge in [-0.05, 0) is 37.5 Å². The first kappa shape index (κ1) is 18.5. The fraction of sp³-hybridized carbons (Fsp3) is 0.389. The lowest BCUT2D eigenvalue weighted by Crippen LogP contribution is -2.35. The number of aryl methyl sites for hydroxylation is 2. The Bertz CT molecular complexity index is 978. The molecule has 3 rings (SSSR count). The van der Waals surface area contributed by atoms with Crippen molar-refractivity contribution >= 4 is 32.5 Å². The van der Waals surface area contributed by atoms with Gasteiger partial charge in [0.25, 0.3) is 0 Å². The molecule has 1 fully saturated rings. The van der Waals surface area contributed by atoms with Gasteiger partial charge in [-0.1, -0.05) is 12.6 Å². The molecule has 0 unspecified atom stereocenters. The number of carbonyl (C=O) groups is 1. The van der Waals surface area contributed by atoms with Gasteiger partial charge in [0.15, 0.2) is 0 Å². The van der Waals surface area contributed by atoms with Crippen LogP contribution in [0.15, 0.2) is 24.1 Å². The first-order valence-electron chi connectivity index (χ1n) is 8.50. The Morgan fingerprint density at radius 3 is 2.85 bits per heavy atom. The minimum atomic E-state index is -3.45. The summed E-state index contributed by atoms with van der Waals surface area (Å²) in [4.78, 5) is 16.9.